The first-order valence-electron chi connectivity index (χ1n) is 21.5. The predicted octanol–water partition coefficient (Wildman–Crippen LogP) is 16.6. The van der Waals surface area contributed by atoms with Gasteiger partial charge in [0.05, 0.1) is 50.1 Å². The molecule has 0 atom stereocenters. The largest absolute Gasteiger partial charge is 0.417 e. The minimum atomic E-state index is -5.18. The van der Waals surface area contributed by atoms with Crippen LogP contribution in [0.2, 0.25) is 0 Å². The van der Waals surface area contributed by atoms with E-state index in [1.807, 2.05) is 53.1 Å². The Morgan fingerprint density at radius 1 is 0.406 bits per heavy atom. The zero-order valence-corrected chi connectivity index (χ0v) is 38.4. The van der Waals surface area contributed by atoms with Crippen molar-refractivity contribution in [2.24, 2.45) is 0 Å². The van der Waals surface area contributed by atoms with Gasteiger partial charge in [-0.3, -0.25) is 0 Å². The summed E-state index contributed by atoms with van der Waals surface area (Å²) in [6, 6.07) is 31.2. The summed E-state index contributed by atoms with van der Waals surface area (Å²) < 4.78 is 95.7. The van der Waals surface area contributed by atoms with Crippen LogP contribution >= 0.6 is 0 Å². The molecule has 2 aromatic heterocycles. The number of aromatic nitrogens is 2. The SMILES string of the molecule is CC(C)(C)c1ccc2c(c1)c1cc(C(C)(C)C)ccc1n2-c1cc(-c2c(C(F)(F)F)cccc2C(F)(F)F)c(-n2c3ccc(C(C)(C)C)cc3c3cc(C(C)(C)C)ccc32)cc1C#N. The van der Waals surface area contributed by atoms with E-state index in [4.69, 9.17) is 0 Å². The highest BCUT2D eigenvalue weighted by atomic mass is 19.4. The topological polar surface area (TPSA) is 33.6 Å². The van der Waals surface area contributed by atoms with Crippen LogP contribution in [-0.2, 0) is 34.0 Å². The number of benzene rings is 6. The number of alkyl halides is 6. The van der Waals surface area contributed by atoms with Crippen LogP contribution < -0.4 is 0 Å². The van der Waals surface area contributed by atoms with Crippen LogP contribution in [-0.4, -0.2) is 9.13 Å². The number of halogens is 6. The van der Waals surface area contributed by atoms with Gasteiger partial charge in [0, 0.05) is 32.7 Å². The van der Waals surface area contributed by atoms with Gasteiger partial charge in [0.15, 0.2) is 0 Å². The molecule has 330 valence electrons. The summed E-state index contributed by atoms with van der Waals surface area (Å²) in [6.07, 6.45) is -10.4. The molecule has 2 heterocycles. The number of nitriles is 1. The smallest absolute Gasteiger partial charge is 0.309 e. The maximum atomic E-state index is 15.4. The fourth-order valence-corrected chi connectivity index (χ4v) is 8.98. The molecule has 0 amide bonds. The number of nitrogens with zero attached hydrogens (tertiary/aromatic N) is 3. The van der Waals surface area contributed by atoms with Gasteiger partial charge in [0.25, 0.3) is 0 Å². The molecular formula is C55H53F6N3. The van der Waals surface area contributed by atoms with Crippen molar-refractivity contribution in [1.82, 2.24) is 9.13 Å². The molecule has 64 heavy (non-hydrogen) atoms. The highest BCUT2D eigenvalue weighted by Crippen LogP contribution is 2.49. The number of fused-ring (bicyclic) bond motifs is 6. The van der Waals surface area contributed by atoms with Gasteiger partial charge in [0.2, 0.25) is 0 Å². The standard InChI is InChI=1S/C55H53F6N3/c1-50(2,3)32-16-20-43-36(25-32)37-26-33(51(4,5)6)17-21-44(37)63(43)47-29-40(49-41(54(56,57)58)14-13-15-42(49)55(59,60)61)48(24-31(47)30-62)64-45-22-18-34(52(7,8)9)27-38(45)39-28-35(53(10,11)12)19-23-46(39)64/h13-29H,1-12H3. The van der Waals surface area contributed by atoms with Crippen LogP contribution in [0.1, 0.15) is 122 Å². The molecule has 8 aromatic rings. The van der Waals surface area contributed by atoms with Crippen molar-refractivity contribution >= 4 is 43.6 Å². The molecule has 6 aromatic carbocycles. The Hall–Kier alpha value is -6.01. The normalized spacial score (nSPS) is 13.5. The van der Waals surface area contributed by atoms with Crippen molar-refractivity contribution in [3.63, 3.8) is 0 Å². The number of hydrogen-bond acceptors (Lipinski definition) is 1. The first kappa shape index (κ1) is 44.6. The summed E-state index contributed by atoms with van der Waals surface area (Å²) in [6.45, 7) is 25.1. The van der Waals surface area contributed by atoms with Gasteiger partial charge in [-0.1, -0.05) is 113 Å². The summed E-state index contributed by atoms with van der Waals surface area (Å²) in [5.74, 6) is 0. The molecule has 3 nitrogen and oxygen atoms in total. The van der Waals surface area contributed by atoms with Crippen LogP contribution in [0.3, 0.4) is 0 Å². The van der Waals surface area contributed by atoms with E-state index in [0.717, 1.165) is 49.9 Å². The predicted molar refractivity (Wildman–Crippen MR) is 250 cm³/mol. The van der Waals surface area contributed by atoms with E-state index in [-0.39, 0.29) is 44.2 Å². The third-order valence-electron chi connectivity index (χ3n) is 12.7. The molecule has 0 radical (unpaired) electrons. The highest BCUT2D eigenvalue weighted by molar-refractivity contribution is 6.12. The van der Waals surface area contributed by atoms with Crippen LogP contribution in [0.4, 0.5) is 26.3 Å². The fraction of sp³-hybridized carbons (Fsp3) is 0.327. The molecule has 0 bridgehead atoms. The summed E-state index contributed by atoms with van der Waals surface area (Å²) in [5, 5.41) is 14.4. The highest BCUT2D eigenvalue weighted by Gasteiger charge is 2.42. The van der Waals surface area contributed by atoms with Crippen LogP contribution in [0.15, 0.2) is 103 Å². The maximum absolute atomic E-state index is 15.4. The van der Waals surface area contributed by atoms with Gasteiger partial charge in [-0.25, -0.2) is 0 Å². The Morgan fingerprint density at radius 2 is 0.719 bits per heavy atom. The second-order valence-electron chi connectivity index (χ2n) is 21.3. The summed E-state index contributed by atoms with van der Waals surface area (Å²) in [7, 11) is 0. The molecule has 0 fully saturated rings. The van der Waals surface area contributed by atoms with E-state index >= 15 is 26.3 Å². The third kappa shape index (κ3) is 7.53. The quantitative estimate of drug-likeness (QED) is 0.163. The summed E-state index contributed by atoms with van der Waals surface area (Å²) in [5.41, 5.74) is 1.58. The average Bonchev–Trinajstić information content (AvgIpc) is 3.69. The molecule has 0 saturated carbocycles. The zero-order valence-electron chi connectivity index (χ0n) is 38.4. The molecule has 0 saturated heterocycles. The lowest BCUT2D eigenvalue weighted by Crippen LogP contribution is -2.15. The van der Waals surface area contributed by atoms with E-state index in [1.54, 1.807) is 4.57 Å². The molecule has 0 aliphatic carbocycles. The van der Waals surface area contributed by atoms with Crippen molar-refractivity contribution in [2.75, 3.05) is 0 Å². The summed E-state index contributed by atoms with van der Waals surface area (Å²) in [4.78, 5) is 0. The molecule has 0 spiro atoms. The van der Waals surface area contributed by atoms with Crippen LogP contribution in [0.5, 0.6) is 0 Å². The van der Waals surface area contributed by atoms with E-state index < -0.39 is 29.0 Å². The lowest BCUT2D eigenvalue weighted by Gasteiger charge is -2.24. The Labute approximate surface area is 370 Å². The summed E-state index contributed by atoms with van der Waals surface area (Å²) >= 11 is 0. The van der Waals surface area contributed by atoms with Crippen molar-refractivity contribution in [3.8, 4) is 28.6 Å². The van der Waals surface area contributed by atoms with Gasteiger partial charge >= 0.3 is 12.4 Å². The van der Waals surface area contributed by atoms with Gasteiger partial charge < -0.3 is 9.13 Å². The van der Waals surface area contributed by atoms with Crippen molar-refractivity contribution < 1.29 is 26.3 Å². The first-order valence-corrected chi connectivity index (χ1v) is 21.5. The molecular weight excluding hydrogens is 817 g/mol. The molecule has 0 aliphatic heterocycles. The molecule has 0 N–H and O–H groups in total. The number of hydrogen-bond donors (Lipinski definition) is 0. The lowest BCUT2D eigenvalue weighted by molar-refractivity contribution is -0.142. The van der Waals surface area contributed by atoms with Crippen molar-refractivity contribution in [1.29, 1.82) is 5.26 Å². The Balaban J connectivity index is 1.60. The Bertz CT molecular complexity index is 3050. The van der Waals surface area contributed by atoms with Crippen LogP contribution in [0.25, 0.3) is 66.1 Å². The Morgan fingerprint density at radius 3 is 1.00 bits per heavy atom. The zero-order chi connectivity index (χ0) is 46.9. The van der Waals surface area contributed by atoms with Crippen molar-refractivity contribution in [2.45, 2.75) is 117 Å². The van der Waals surface area contributed by atoms with E-state index in [2.05, 4.69) is 113 Å². The monoisotopic (exact) mass is 869 g/mol. The number of rotatable bonds is 3. The van der Waals surface area contributed by atoms with E-state index in [1.165, 1.54) is 12.1 Å². The minimum Gasteiger partial charge on any atom is -0.309 e. The molecule has 0 aliphatic rings. The van der Waals surface area contributed by atoms with Crippen LogP contribution in [0, 0.1) is 11.3 Å². The maximum Gasteiger partial charge on any atom is 0.417 e. The van der Waals surface area contributed by atoms with Gasteiger partial charge in [-0.2, -0.15) is 31.6 Å². The third-order valence-corrected chi connectivity index (χ3v) is 12.7. The van der Waals surface area contributed by atoms with E-state index in [0.29, 0.717) is 34.2 Å². The second kappa shape index (κ2) is 14.5. The Kier molecular flexibility index (Phi) is 10.1. The average molecular weight is 870 g/mol. The van der Waals surface area contributed by atoms with Gasteiger partial charge in [0.1, 0.15) is 6.07 Å². The van der Waals surface area contributed by atoms with Crippen molar-refractivity contribution in [3.05, 3.63) is 142 Å². The minimum absolute atomic E-state index is 0.0142. The van der Waals surface area contributed by atoms with Gasteiger partial charge in [-0.05, 0) is 117 Å². The molecule has 8 rings (SSSR count). The fourth-order valence-electron chi connectivity index (χ4n) is 8.98. The second-order valence-corrected chi connectivity index (χ2v) is 21.3. The molecule has 9 heteroatoms. The molecule has 0 unspecified atom stereocenters. The lowest BCUT2D eigenvalue weighted by atomic mass is 9.85. The van der Waals surface area contributed by atoms with E-state index in [9.17, 15) is 5.26 Å². The van der Waals surface area contributed by atoms with Gasteiger partial charge in [-0.15, -0.1) is 0 Å². The first-order chi connectivity index (χ1) is 29.5.